The van der Waals surface area contributed by atoms with Crippen molar-refractivity contribution in [2.24, 2.45) is 0 Å². The van der Waals surface area contributed by atoms with E-state index in [4.69, 9.17) is 14.2 Å². The largest absolute Gasteiger partial charge is 0.487 e. The summed E-state index contributed by atoms with van der Waals surface area (Å²) in [5.74, 6) is 1.96. The lowest BCUT2D eigenvalue weighted by atomic mass is 10.1. The van der Waals surface area contributed by atoms with Gasteiger partial charge in [-0.2, -0.15) is 0 Å². The number of benzene rings is 1. The summed E-state index contributed by atoms with van der Waals surface area (Å²) in [4.78, 5) is 15.4. The predicted octanol–water partition coefficient (Wildman–Crippen LogP) is 3.34. The molecule has 1 fully saturated rings. The quantitative estimate of drug-likeness (QED) is 0.357. The van der Waals surface area contributed by atoms with Gasteiger partial charge in [0.25, 0.3) is 0 Å². The highest BCUT2D eigenvalue weighted by molar-refractivity contribution is 5.92. The van der Waals surface area contributed by atoms with E-state index in [1.807, 2.05) is 30.3 Å². The lowest BCUT2D eigenvalue weighted by molar-refractivity contribution is 0.0321. The first kappa shape index (κ1) is 23.0. The van der Waals surface area contributed by atoms with Crippen LogP contribution in [0.3, 0.4) is 0 Å². The summed E-state index contributed by atoms with van der Waals surface area (Å²) in [5, 5.41) is 11.4. The standard InChI is InChI=1S/C25H29N7O3/c1-2-18-15-19(6-7-21(18)35-16-20-5-3-4-8-26-20)29-23-22-24(28-17-27-23)30-31-25(22)34-14-11-32-9-12-33-13-10-32/h3-8,15,17H,2,9-14,16H2,1H3,(H2,27,28,29,30,31). The van der Waals surface area contributed by atoms with Crippen LogP contribution in [0.15, 0.2) is 48.9 Å². The van der Waals surface area contributed by atoms with Gasteiger partial charge in [-0.25, -0.2) is 9.97 Å². The second-order valence-electron chi connectivity index (χ2n) is 8.19. The van der Waals surface area contributed by atoms with Gasteiger partial charge in [0, 0.05) is 31.5 Å². The summed E-state index contributed by atoms with van der Waals surface area (Å²) in [6.07, 6.45) is 4.10. The summed E-state index contributed by atoms with van der Waals surface area (Å²) >= 11 is 0. The fourth-order valence-corrected chi connectivity index (χ4v) is 3.97. The number of rotatable bonds is 10. The van der Waals surface area contributed by atoms with Crippen LogP contribution in [0.2, 0.25) is 0 Å². The SMILES string of the molecule is CCc1cc(Nc2ncnc3[nH]nc(OCCN4CCOCC4)c23)ccc1OCc1ccccn1. The van der Waals surface area contributed by atoms with E-state index in [1.165, 1.54) is 6.33 Å². The van der Waals surface area contributed by atoms with E-state index < -0.39 is 0 Å². The molecule has 4 aromatic rings. The Bertz CT molecular complexity index is 1240. The summed E-state index contributed by atoms with van der Waals surface area (Å²) in [5.41, 5.74) is 3.49. The molecule has 1 aromatic carbocycles. The van der Waals surface area contributed by atoms with Gasteiger partial charge in [-0.3, -0.25) is 15.0 Å². The molecule has 3 aromatic heterocycles. The van der Waals surface area contributed by atoms with Crippen molar-refractivity contribution in [1.29, 1.82) is 0 Å². The highest BCUT2D eigenvalue weighted by Gasteiger charge is 2.16. The maximum Gasteiger partial charge on any atom is 0.246 e. The zero-order valence-electron chi connectivity index (χ0n) is 19.7. The molecule has 35 heavy (non-hydrogen) atoms. The Kier molecular flexibility index (Phi) is 7.30. The van der Waals surface area contributed by atoms with Crippen LogP contribution in [0.25, 0.3) is 11.0 Å². The van der Waals surface area contributed by atoms with Crippen molar-refractivity contribution >= 4 is 22.5 Å². The summed E-state index contributed by atoms with van der Waals surface area (Å²) in [7, 11) is 0. The molecule has 10 nitrogen and oxygen atoms in total. The number of hydrogen-bond donors (Lipinski definition) is 2. The van der Waals surface area contributed by atoms with Gasteiger partial charge in [0.1, 0.15) is 36.5 Å². The lowest BCUT2D eigenvalue weighted by Gasteiger charge is -2.26. The average molecular weight is 476 g/mol. The smallest absolute Gasteiger partial charge is 0.246 e. The normalized spacial score (nSPS) is 14.2. The van der Waals surface area contributed by atoms with Gasteiger partial charge in [-0.1, -0.05) is 13.0 Å². The molecule has 2 N–H and O–H groups in total. The molecular weight excluding hydrogens is 446 g/mol. The number of nitrogens with one attached hydrogen (secondary N) is 2. The van der Waals surface area contributed by atoms with E-state index in [9.17, 15) is 0 Å². The molecule has 1 saturated heterocycles. The summed E-state index contributed by atoms with van der Waals surface area (Å²) in [6.45, 7) is 7.23. The van der Waals surface area contributed by atoms with Gasteiger partial charge in [0.2, 0.25) is 5.88 Å². The Morgan fingerprint density at radius 3 is 2.83 bits per heavy atom. The molecule has 5 rings (SSSR count). The Morgan fingerprint density at radius 2 is 2.00 bits per heavy atom. The molecule has 0 unspecified atom stereocenters. The van der Waals surface area contributed by atoms with Gasteiger partial charge in [-0.15, -0.1) is 5.10 Å². The molecule has 10 heteroatoms. The molecular formula is C25H29N7O3. The lowest BCUT2D eigenvalue weighted by Crippen LogP contribution is -2.38. The number of ether oxygens (including phenoxy) is 3. The molecule has 0 bridgehead atoms. The highest BCUT2D eigenvalue weighted by atomic mass is 16.5. The van der Waals surface area contributed by atoms with Crippen LogP contribution in [-0.2, 0) is 17.8 Å². The zero-order chi connectivity index (χ0) is 23.9. The van der Waals surface area contributed by atoms with Crippen LogP contribution in [-0.4, -0.2) is 69.5 Å². The van der Waals surface area contributed by atoms with Crippen molar-refractivity contribution in [3.05, 3.63) is 60.2 Å². The maximum absolute atomic E-state index is 6.03. The number of aryl methyl sites for hydroxylation is 1. The molecule has 4 heterocycles. The van der Waals surface area contributed by atoms with E-state index in [-0.39, 0.29) is 0 Å². The first-order valence-electron chi connectivity index (χ1n) is 11.8. The van der Waals surface area contributed by atoms with Crippen LogP contribution in [0.4, 0.5) is 11.5 Å². The van der Waals surface area contributed by atoms with Crippen molar-refractivity contribution in [3.8, 4) is 11.6 Å². The monoisotopic (exact) mass is 475 g/mol. The molecule has 0 amide bonds. The summed E-state index contributed by atoms with van der Waals surface area (Å²) < 4.78 is 17.4. The zero-order valence-corrected chi connectivity index (χ0v) is 19.7. The number of fused-ring (bicyclic) bond motifs is 1. The fourth-order valence-electron chi connectivity index (χ4n) is 3.97. The highest BCUT2D eigenvalue weighted by Crippen LogP contribution is 2.31. The van der Waals surface area contributed by atoms with Crippen molar-refractivity contribution in [2.45, 2.75) is 20.0 Å². The topological polar surface area (TPSA) is 110 Å². The summed E-state index contributed by atoms with van der Waals surface area (Å²) in [6, 6.07) is 11.8. The van der Waals surface area contributed by atoms with Crippen molar-refractivity contribution in [2.75, 3.05) is 44.8 Å². The second kappa shape index (κ2) is 11.1. The first-order valence-corrected chi connectivity index (χ1v) is 11.8. The number of anilines is 2. The Hall–Kier alpha value is -3.76. The van der Waals surface area contributed by atoms with Crippen LogP contribution in [0.1, 0.15) is 18.2 Å². The molecule has 1 aliphatic heterocycles. The minimum atomic E-state index is 0.424. The Morgan fingerprint density at radius 1 is 1.09 bits per heavy atom. The number of aromatic amines is 1. The van der Waals surface area contributed by atoms with Gasteiger partial charge in [-0.05, 0) is 42.3 Å². The predicted molar refractivity (Wildman–Crippen MR) is 132 cm³/mol. The molecule has 0 aliphatic carbocycles. The third-order valence-corrected chi connectivity index (χ3v) is 5.88. The van der Waals surface area contributed by atoms with Gasteiger partial charge >= 0.3 is 0 Å². The third-order valence-electron chi connectivity index (χ3n) is 5.88. The Labute approximate surface area is 203 Å². The van der Waals surface area contributed by atoms with Crippen LogP contribution in [0.5, 0.6) is 11.6 Å². The van der Waals surface area contributed by atoms with Gasteiger partial charge < -0.3 is 19.5 Å². The molecule has 182 valence electrons. The number of hydrogen-bond acceptors (Lipinski definition) is 9. The average Bonchev–Trinajstić information content (AvgIpc) is 3.33. The number of H-pyrrole nitrogens is 1. The number of morpholine rings is 1. The van der Waals surface area contributed by atoms with Crippen molar-refractivity contribution in [3.63, 3.8) is 0 Å². The van der Waals surface area contributed by atoms with E-state index in [0.717, 1.165) is 67.3 Å². The van der Waals surface area contributed by atoms with Crippen molar-refractivity contribution < 1.29 is 14.2 Å². The number of aromatic nitrogens is 5. The first-order chi connectivity index (χ1) is 17.3. The third kappa shape index (κ3) is 5.67. The van der Waals surface area contributed by atoms with E-state index >= 15 is 0 Å². The molecule has 1 aliphatic rings. The molecule has 0 saturated carbocycles. The molecule has 0 spiro atoms. The second-order valence-corrected chi connectivity index (χ2v) is 8.19. The van der Waals surface area contributed by atoms with Crippen LogP contribution in [0, 0.1) is 0 Å². The fraction of sp³-hybridized carbons (Fsp3) is 0.360. The van der Waals surface area contributed by atoms with E-state index in [0.29, 0.717) is 30.6 Å². The molecule has 0 radical (unpaired) electrons. The maximum atomic E-state index is 6.03. The van der Waals surface area contributed by atoms with Crippen LogP contribution >= 0.6 is 0 Å². The van der Waals surface area contributed by atoms with Crippen molar-refractivity contribution in [1.82, 2.24) is 30.0 Å². The minimum Gasteiger partial charge on any atom is -0.487 e. The van der Waals surface area contributed by atoms with Gasteiger partial charge in [0.15, 0.2) is 5.65 Å². The number of nitrogens with zero attached hydrogens (tertiary/aromatic N) is 5. The minimum absolute atomic E-state index is 0.424. The Balaban J connectivity index is 1.29. The van der Waals surface area contributed by atoms with E-state index in [2.05, 4.69) is 48.4 Å². The molecule has 0 atom stereocenters. The van der Waals surface area contributed by atoms with E-state index in [1.54, 1.807) is 6.20 Å². The van der Waals surface area contributed by atoms with Crippen LogP contribution < -0.4 is 14.8 Å². The van der Waals surface area contributed by atoms with Gasteiger partial charge in [0.05, 0.1) is 18.9 Å². The number of pyridine rings is 1.